The van der Waals surface area contributed by atoms with E-state index in [0.29, 0.717) is 11.3 Å². The summed E-state index contributed by atoms with van der Waals surface area (Å²) in [6.07, 6.45) is 0. The van der Waals surface area contributed by atoms with E-state index < -0.39 is 11.6 Å². The average molecular weight is 283 g/mol. The summed E-state index contributed by atoms with van der Waals surface area (Å²) in [6, 6.07) is 11.5. The average Bonchev–Trinajstić information content (AvgIpc) is 2.46. The maximum Gasteiger partial charge on any atom is 0.126 e. The molecule has 0 spiro atoms. The minimum Gasteiger partial charge on any atom is -0.378 e. The molecule has 2 rings (SSSR count). The molecule has 0 aromatic heterocycles. The van der Waals surface area contributed by atoms with Crippen molar-refractivity contribution in [2.45, 2.75) is 13.0 Å². The maximum absolute atomic E-state index is 13.2. The second-order valence-corrected chi connectivity index (χ2v) is 4.55. The number of benzene rings is 2. The van der Waals surface area contributed by atoms with Crippen LogP contribution < -0.4 is 5.32 Å². The van der Waals surface area contributed by atoms with Crippen molar-refractivity contribution in [2.75, 3.05) is 5.32 Å². The third-order valence-electron chi connectivity index (χ3n) is 3.03. The van der Waals surface area contributed by atoms with Gasteiger partial charge >= 0.3 is 0 Å². The van der Waals surface area contributed by atoms with Gasteiger partial charge in [0.05, 0.1) is 11.1 Å². The summed E-state index contributed by atoms with van der Waals surface area (Å²) in [5, 5.41) is 20.9. The molecule has 21 heavy (non-hydrogen) atoms. The number of halogens is 2. The van der Waals surface area contributed by atoms with Crippen LogP contribution in [0.25, 0.3) is 0 Å². The first kappa shape index (κ1) is 14.5. The van der Waals surface area contributed by atoms with E-state index in [2.05, 4.69) is 5.32 Å². The molecule has 0 radical (unpaired) electrons. The molecule has 2 aromatic carbocycles. The fraction of sp³-hybridized carbons (Fsp3) is 0.125. The standard InChI is InChI=1S/C16H11F2N3/c1-10(12-4-14(17)7-15(18)5-12)21-16-3-2-11(8-19)13(6-16)9-20/h2-7,10,21H,1H3. The molecule has 0 saturated heterocycles. The van der Waals surface area contributed by atoms with Crippen molar-refractivity contribution in [3.05, 3.63) is 64.7 Å². The van der Waals surface area contributed by atoms with E-state index in [9.17, 15) is 8.78 Å². The molecule has 2 aromatic rings. The summed E-state index contributed by atoms with van der Waals surface area (Å²) in [6.45, 7) is 1.75. The minimum absolute atomic E-state index is 0.250. The first-order valence-electron chi connectivity index (χ1n) is 6.20. The lowest BCUT2D eigenvalue weighted by molar-refractivity contribution is 0.577. The second kappa shape index (κ2) is 6.02. The number of nitrogens with one attached hydrogen (secondary N) is 1. The first-order chi connectivity index (χ1) is 10.0. The van der Waals surface area contributed by atoms with Gasteiger partial charge in [0.1, 0.15) is 23.8 Å². The summed E-state index contributed by atoms with van der Waals surface area (Å²) in [7, 11) is 0. The van der Waals surface area contributed by atoms with Crippen LogP contribution in [-0.4, -0.2) is 0 Å². The van der Waals surface area contributed by atoms with Gasteiger partial charge in [-0.15, -0.1) is 0 Å². The normalized spacial score (nSPS) is 11.3. The SMILES string of the molecule is CC(Nc1ccc(C#N)c(C#N)c1)c1cc(F)cc(F)c1. The largest absolute Gasteiger partial charge is 0.378 e. The number of rotatable bonds is 3. The Balaban J connectivity index is 2.26. The zero-order valence-corrected chi connectivity index (χ0v) is 11.2. The molecule has 0 aliphatic rings. The smallest absolute Gasteiger partial charge is 0.126 e. The third-order valence-corrected chi connectivity index (χ3v) is 3.03. The van der Waals surface area contributed by atoms with Crippen LogP contribution >= 0.6 is 0 Å². The number of hydrogen-bond donors (Lipinski definition) is 1. The first-order valence-corrected chi connectivity index (χ1v) is 6.20. The van der Waals surface area contributed by atoms with Crippen molar-refractivity contribution < 1.29 is 8.78 Å². The monoisotopic (exact) mass is 283 g/mol. The van der Waals surface area contributed by atoms with Gasteiger partial charge in [-0.2, -0.15) is 10.5 Å². The zero-order valence-electron chi connectivity index (χ0n) is 11.2. The van der Waals surface area contributed by atoms with Crippen LogP contribution in [0.1, 0.15) is 29.7 Å². The van der Waals surface area contributed by atoms with E-state index in [4.69, 9.17) is 10.5 Å². The van der Waals surface area contributed by atoms with Gasteiger partial charge in [0, 0.05) is 17.8 Å². The highest BCUT2D eigenvalue weighted by atomic mass is 19.1. The number of hydrogen-bond acceptors (Lipinski definition) is 3. The number of nitriles is 2. The predicted octanol–water partition coefficient (Wildman–Crippen LogP) is 3.88. The lowest BCUT2D eigenvalue weighted by atomic mass is 10.1. The van der Waals surface area contributed by atoms with Crippen LogP contribution in [0.15, 0.2) is 36.4 Å². The van der Waals surface area contributed by atoms with Crippen molar-refractivity contribution >= 4 is 5.69 Å². The van der Waals surface area contributed by atoms with Crippen LogP contribution in [0, 0.1) is 34.3 Å². The third kappa shape index (κ3) is 3.34. The van der Waals surface area contributed by atoms with Gasteiger partial charge in [0.25, 0.3) is 0 Å². The van der Waals surface area contributed by atoms with Crippen molar-refractivity contribution in [1.29, 1.82) is 10.5 Å². The van der Waals surface area contributed by atoms with Crippen molar-refractivity contribution in [1.82, 2.24) is 0 Å². The lowest BCUT2D eigenvalue weighted by Crippen LogP contribution is -2.07. The summed E-state index contributed by atoms with van der Waals surface area (Å²) < 4.78 is 26.4. The lowest BCUT2D eigenvalue weighted by Gasteiger charge is -2.16. The molecule has 1 unspecified atom stereocenters. The molecule has 104 valence electrons. The minimum atomic E-state index is -0.642. The van der Waals surface area contributed by atoms with Gasteiger partial charge in [-0.05, 0) is 42.8 Å². The van der Waals surface area contributed by atoms with E-state index in [1.807, 2.05) is 12.1 Å². The van der Waals surface area contributed by atoms with Crippen LogP contribution in [0.2, 0.25) is 0 Å². The van der Waals surface area contributed by atoms with Crippen molar-refractivity contribution in [3.8, 4) is 12.1 Å². The molecule has 0 aliphatic carbocycles. The fourth-order valence-corrected chi connectivity index (χ4v) is 1.98. The molecule has 0 bridgehead atoms. The molecule has 0 heterocycles. The van der Waals surface area contributed by atoms with E-state index in [0.717, 1.165) is 6.07 Å². The number of anilines is 1. The molecule has 1 atom stereocenters. The van der Waals surface area contributed by atoms with E-state index in [1.165, 1.54) is 24.3 Å². The van der Waals surface area contributed by atoms with Crippen LogP contribution in [0.4, 0.5) is 14.5 Å². The van der Waals surface area contributed by atoms with Crippen LogP contribution in [0.3, 0.4) is 0 Å². The Labute approximate surface area is 121 Å². The van der Waals surface area contributed by atoms with Gasteiger partial charge in [0.15, 0.2) is 0 Å². The quantitative estimate of drug-likeness (QED) is 0.929. The van der Waals surface area contributed by atoms with Gasteiger partial charge in [-0.25, -0.2) is 8.78 Å². The Morgan fingerprint density at radius 2 is 1.57 bits per heavy atom. The van der Waals surface area contributed by atoms with Gasteiger partial charge in [-0.3, -0.25) is 0 Å². The van der Waals surface area contributed by atoms with Crippen LogP contribution in [-0.2, 0) is 0 Å². The molecule has 1 N–H and O–H groups in total. The summed E-state index contributed by atoms with van der Waals surface area (Å²) in [5.41, 5.74) is 1.59. The van der Waals surface area contributed by atoms with Crippen molar-refractivity contribution in [2.24, 2.45) is 0 Å². The Hall–Kier alpha value is -2.92. The topological polar surface area (TPSA) is 59.6 Å². The maximum atomic E-state index is 13.2. The summed E-state index contributed by atoms with van der Waals surface area (Å²) >= 11 is 0. The molecule has 0 aliphatic heterocycles. The molecular weight excluding hydrogens is 272 g/mol. The molecule has 0 fully saturated rings. The Morgan fingerprint density at radius 1 is 0.952 bits per heavy atom. The molecular formula is C16H11F2N3. The second-order valence-electron chi connectivity index (χ2n) is 4.55. The van der Waals surface area contributed by atoms with E-state index >= 15 is 0 Å². The Bertz CT molecular complexity index is 737. The Morgan fingerprint density at radius 3 is 2.14 bits per heavy atom. The highest BCUT2D eigenvalue weighted by Gasteiger charge is 2.10. The highest BCUT2D eigenvalue weighted by molar-refractivity contribution is 5.57. The molecule has 0 saturated carbocycles. The molecule has 0 amide bonds. The predicted molar refractivity (Wildman–Crippen MR) is 74.3 cm³/mol. The van der Waals surface area contributed by atoms with Crippen LogP contribution in [0.5, 0.6) is 0 Å². The van der Waals surface area contributed by atoms with E-state index in [1.54, 1.807) is 13.0 Å². The molecule has 5 heteroatoms. The van der Waals surface area contributed by atoms with Gasteiger partial charge in [-0.1, -0.05) is 0 Å². The van der Waals surface area contributed by atoms with Gasteiger partial charge < -0.3 is 5.32 Å². The summed E-state index contributed by atoms with van der Waals surface area (Å²) in [4.78, 5) is 0. The fourth-order valence-electron chi connectivity index (χ4n) is 1.98. The Kier molecular flexibility index (Phi) is 4.15. The zero-order chi connectivity index (χ0) is 15.4. The van der Waals surface area contributed by atoms with E-state index in [-0.39, 0.29) is 17.2 Å². The summed E-state index contributed by atoms with van der Waals surface area (Å²) in [5.74, 6) is -1.28. The van der Waals surface area contributed by atoms with Gasteiger partial charge in [0.2, 0.25) is 0 Å². The highest BCUT2D eigenvalue weighted by Crippen LogP contribution is 2.22. The van der Waals surface area contributed by atoms with Crippen molar-refractivity contribution in [3.63, 3.8) is 0 Å². The molecule has 3 nitrogen and oxygen atoms in total. The number of nitrogens with zero attached hydrogens (tertiary/aromatic N) is 2.